The van der Waals surface area contributed by atoms with Gasteiger partial charge in [-0.25, -0.2) is 4.98 Å². The molecule has 2 bridgehead atoms. The lowest BCUT2D eigenvalue weighted by Crippen LogP contribution is -2.31. The molecular formula is C43H31N3. The zero-order valence-electron chi connectivity index (χ0n) is 25.5. The highest BCUT2D eigenvalue weighted by Crippen LogP contribution is 2.46. The van der Waals surface area contributed by atoms with E-state index in [9.17, 15) is 0 Å². The van der Waals surface area contributed by atoms with Crippen LogP contribution in [-0.2, 0) is 0 Å². The fourth-order valence-corrected chi connectivity index (χ4v) is 7.19. The van der Waals surface area contributed by atoms with Crippen LogP contribution in [0.2, 0.25) is 0 Å². The van der Waals surface area contributed by atoms with Gasteiger partial charge in [0.05, 0.1) is 34.3 Å². The Kier molecular flexibility index (Phi) is 6.10. The Morgan fingerprint density at radius 1 is 0.543 bits per heavy atom. The predicted molar refractivity (Wildman–Crippen MR) is 192 cm³/mol. The fraction of sp³-hybridized carbons (Fsp3) is 0.0465. The van der Waals surface area contributed by atoms with Crippen molar-refractivity contribution in [2.45, 2.75) is 6.04 Å². The lowest BCUT2D eigenvalue weighted by molar-refractivity contribution is 0.886. The van der Waals surface area contributed by atoms with Crippen molar-refractivity contribution >= 4 is 28.2 Å². The second-order valence-electron chi connectivity index (χ2n) is 12.0. The molecule has 0 fully saturated rings. The van der Waals surface area contributed by atoms with Gasteiger partial charge in [-0.3, -0.25) is 0 Å². The predicted octanol–water partition coefficient (Wildman–Crippen LogP) is 10.3. The van der Waals surface area contributed by atoms with Gasteiger partial charge in [0, 0.05) is 40.4 Å². The molecule has 0 saturated heterocycles. The molecule has 0 spiro atoms. The summed E-state index contributed by atoms with van der Waals surface area (Å²) < 4.78 is 2.43. The summed E-state index contributed by atoms with van der Waals surface area (Å²) in [4.78, 5) is 7.60. The third-order valence-electron chi connectivity index (χ3n) is 9.45. The van der Waals surface area contributed by atoms with Gasteiger partial charge in [0.2, 0.25) is 0 Å². The first-order valence-electron chi connectivity index (χ1n) is 15.8. The molecule has 3 heteroatoms. The van der Waals surface area contributed by atoms with E-state index in [1.165, 1.54) is 50.1 Å². The Morgan fingerprint density at radius 3 is 2.04 bits per heavy atom. The number of aromatic nitrogens is 2. The number of rotatable bonds is 4. The van der Waals surface area contributed by atoms with Gasteiger partial charge in [0.15, 0.2) is 0 Å². The Labute approximate surface area is 269 Å². The van der Waals surface area contributed by atoms with Crippen molar-refractivity contribution in [2.24, 2.45) is 0 Å². The largest absolute Gasteiger partial charge is 0.364 e. The molecule has 1 aliphatic carbocycles. The van der Waals surface area contributed by atoms with Crippen molar-refractivity contribution in [2.75, 3.05) is 11.9 Å². The summed E-state index contributed by atoms with van der Waals surface area (Å²) in [5.74, 6) is 0. The summed E-state index contributed by atoms with van der Waals surface area (Å²) in [5.41, 5.74) is 15.1. The van der Waals surface area contributed by atoms with Crippen molar-refractivity contribution < 1.29 is 0 Å². The maximum Gasteiger partial charge on any atom is 0.0730 e. The molecular weight excluding hydrogens is 558 g/mol. The van der Waals surface area contributed by atoms with Crippen LogP contribution in [0.4, 0.5) is 5.69 Å². The molecule has 9 rings (SSSR count). The van der Waals surface area contributed by atoms with Gasteiger partial charge < -0.3 is 9.47 Å². The first-order valence-corrected chi connectivity index (χ1v) is 15.8. The normalized spacial score (nSPS) is 14.8. The van der Waals surface area contributed by atoms with Crippen LogP contribution in [0.1, 0.15) is 16.8 Å². The number of fused-ring (bicyclic) bond motifs is 7. The van der Waals surface area contributed by atoms with E-state index in [1.807, 2.05) is 0 Å². The summed E-state index contributed by atoms with van der Waals surface area (Å²) >= 11 is 0. The Bertz CT molecular complexity index is 2320. The molecule has 0 amide bonds. The lowest BCUT2D eigenvalue weighted by atomic mass is 9.90. The minimum Gasteiger partial charge on any atom is -0.364 e. The first kappa shape index (κ1) is 26.5. The number of benzene rings is 5. The quantitative estimate of drug-likeness (QED) is 0.204. The summed E-state index contributed by atoms with van der Waals surface area (Å²) in [6.45, 7) is 0. The number of nitrogens with zero attached hydrogens (tertiary/aromatic N) is 3. The molecule has 1 unspecified atom stereocenters. The van der Waals surface area contributed by atoms with Crippen LogP contribution in [0.3, 0.4) is 0 Å². The van der Waals surface area contributed by atoms with Crippen molar-refractivity contribution in [1.82, 2.24) is 9.55 Å². The fourth-order valence-electron chi connectivity index (χ4n) is 7.19. The van der Waals surface area contributed by atoms with Crippen molar-refractivity contribution in [3.63, 3.8) is 0 Å². The van der Waals surface area contributed by atoms with Gasteiger partial charge in [-0.15, -0.1) is 0 Å². The number of anilines is 1. The maximum atomic E-state index is 5.24. The van der Waals surface area contributed by atoms with Gasteiger partial charge >= 0.3 is 0 Å². The van der Waals surface area contributed by atoms with E-state index in [4.69, 9.17) is 4.98 Å². The van der Waals surface area contributed by atoms with E-state index in [-0.39, 0.29) is 6.04 Å². The van der Waals surface area contributed by atoms with Crippen molar-refractivity contribution in [3.05, 3.63) is 175 Å². The second-order valence-corrected chi connectivity index (χ2v) is 12.0. The molecule has 0 N–H and O–H groups in total. The van der Waals surface area contributed by atoms with Crippen molar-refractivity contribution in [1.29, 1.82) is 0 Å². The summed E-state index contributed by atoms with van der Waals surface area (Å²) in [7, 11) is 2.19. The van der Waals surface area contributed by atoms with Gasteiger partial charge in [-0.2, -0.15) is 0 Å². The van der Waals surface area contributed by atoms with Crippen LogP contribution in [0.25, 0.3) is 61.9 Å². The van der Waals surface area contributed by atoms with E-state index >= 15 is 0 Å². The molecule has 46 heavy (non-hydrogen) atoms. The standard InChI is InChI=1S/C43H31N3/c1-45-32-26-27-42-43(36(28-32)33-14-5-8-19-39(33)45)35-16-7-10-21-41(35)46(42)40-20-9-6-15-34(40)38-18-11-17-37(44-38)31-24-22-30(23-25-31)29-12-3-2-4-13-29/h2-28,32H,1H3. The zero-order chi connectivity index (χ0) is 30.6. The SMILES string of the molecule is CN1c2ccccc2C2=CC1C=Cc1c2c2ccccc2n1-c1ccccc1-c1cccc(-c2ccc(-c3ccccc3)cc2)n1. The first-order chi connectivity index (χ1) is 22.7. The third-order valence-corrected chi connectivity index (χ3v) is 9.45. The summed E-state index contributed by atoms with van der Waals surface area (Å²) in [5, 5.41) is 1.25. The molecule has 0 saturated carbocycles. The molecule has 5 aromatic carbocycles. The van der Waals surface area contributed by atoms with Crippen LogP contribution in [0, 0.1) is 0 Å². The minimum absolute atomic E-state index is 0.186. The molecule has 2 aromatic heterocycles. The van der Waals surface area contributed by atoms with E-state index < -0.39 is 0 Å². The zero-order valence-corrected chi connectivity index (χ0v) is 25.5. The molecule has 0 radical (unpaired) electrons. The Hall–Kier alpha value is -5.93. The van der Waals surface area contributed by atoms with E-state index in [1.54, 1.807) is 0 Å². The minimum atomic E-state index is 0.186. The summed E-state index contributed by atoms with van der Waals surface area (Å²) in [6, 6.07) is 52.0. The highest BCUT2D eigenvalue weighted by atomic mass is 15.1. The van der Waals surface area contributed by atoms with Gasteiger partial charge in [-0.05, 0) is 59.2 Å². The van der Waals surface area contributed by atoms with Crippen LogP contribution < -0.4 is 4.90 Å². The average Bonchev–Trinajstić information content (AvgIpc) is 3.35. The van der Waals surface area contributed by atoms with Crippen LogP contribution in [0.15, 0.2) is 158 Å². The monoisotopic (exact) mass is 589 g/mol. The molecule has 1 atom stereocenters. The van der Waals surface area contributed by atoms with Gasteiger partial charge in [0.25, 0.3) is 0 Å². The molecule has 3 heterocycles. The number of pyridine rings is 1. The third kappa shape index (κ3) is 4.17. The summed E-state index contributed by atoms with van der Waals surface area (Å²) in [6.07, 6.45) is 7.07. The van der Waals surface area contributed by atoms with Gasteiger partial charge in [0.1, 0.15) is 0 Å². The molecule has 7 aromatic rings. The highest BCUT2D eigenvalue weighted by molar-refractivity contribution is 6.06. The van der Waals surface area contributed by atoms with Crippen LogP contribution in [-0.4, -0.2) is 22.6 Å². The van der Waals surface area contributed by atoms with Gasteiger partial charge in [-0.1, -0.05) is 121 Å². The van der Waals surface area contributed by atoms with E-state index in [0.717, 1.165) is 28.2 Å². The van der Waals surface area contributed by atoms with E-state index in [0.29, 0.717) is 0 Å². The topological polar surface area (TPSA) is 21.1 Å². The average molecular weight is 590 g/mol. The van der Waals surface area contributed by atoms with Crippen LogP contribution >= 0.6 is 0 Å². The highest BCUT2D eigenvalue weighted by Gasteiger charge is 2.30. The maximum absolute atomic E-state index is 5.24. The number of para-hydroxylation sites is 3. The van der Waals surface area contributed by atoms with Crippen LogP contribution in [0.5, 0.6) is 0 Å². The molecule has 1 aliphatic heterocycles. The molecule has 3 nitrogen and oxygen atoms in total. The number of hydrogen-bond acceptors (Lipinski definition) is 2. The Morgan fingerprint density at radius 2 is 1.20 bits per heavy atom. The van der Waals surface area contributed by atoms with E-state index in [2.05, 4.69) is 180 Å². The second kappa shape index (κ2) is 10.6. The Balaban J connectivity index is 1.20. The molecule has 2 aliphatic rings. The molecule has 218 valence electrons. The van der Waals surface area contributed by atoms with Crippen molar-refractivity contribution in [3.8, 4) is 39.3 Å². The number of hydrogen-bond donors (Lipinski definition) is 0. The number of likely N-dealkylation sites (N-methyl/N-ethyl adjacent to an activating group) is 1. The smallest absolute Gasteiger partial charge is 0.0730 e. The lowest BCUT2D eigenvalue weighted by Gasteiger charge is -2.32.